The van der Waals surface area contributed by atoms with Crippen molar-refractivity contribution in [2.24, 2.45) is 5.73 Å². The monoisotopic (exact) mass is 296 g/mol. The number of rotatable bonds is 3. The molecule has 1 aromatic carbocycles. The summed E-state index contributed by atoms with van der Waals surface area (Å²) in [5.74, 6) is -0.140. The van der Waals surface area contributed by atoms with Gasteiger partial charge >= 0.3 is 6.03 Å². The first kappa shape index (κ1) is 14.6. The number of nitrogens with one attached hydrogen (secondary N) is 2. The Morgan fingerprint density at radius 1 is 1.30 bits per heavy atom. The fraction of sp³-hybridized carbons (Fsp3) is 0.385. The molecular weight excluding hydrogens is 280 g/mol. The molecule has 20 heavy (non-hydrogen) atoms. The number of halogens is 1. The molecule has 3 amide bonds. The minimum absolute atomic E-state index is 0. The van der Waals surface area contributed by atoms with Crippen molar-refractivity contribution in [3.8, 4) is 0 Å². The van der Waals surface area contributed by atoms with Crippen LogP contribution in [-0.2, 0) is 4.79 Å². The fourth-order valence-corrected chi connectivity index (χ4v) is 2.06. The van der Waals surface area contributed by atoms with Crippen LogP contribution in [0.2, 0.25) is 0 Å². The lowest BCUT2D eigenvalue weighted by Crippen LogP contribution is -2.37. The number of carbonyl (C=O) groups is 2. The summed E-state index contributed by atoms with van der Waals surface area (Å²) in [5.41, 5.74) is 6.66. The normalized spacial score (nSPS) is 19.1. The second kappa shape index (κ2) is 5.30. The van der Waals surface area contributed by atoms with E-state index < -0.39 is 5.54 Å². The average Bonchev–Trinajstić information content (AvgIpc) is 3.01. The molecule has 0 atom stereocenters. The van der Waals surface area contributed by atoms with Crippen LogP contribution in [0.4, 0.5) is 16.2 Å². The predicted molar refractivity (Wildman–Crippen MR) is 79.2 cm³/mol. The summed E-state index contributed by atoms with van der Waals surface area (Å²) in [5, 5.41) is 5.53. The molecule has 1 heterocycles. The molecule has 1 aliphatic heterocycles. The highest BCUT2D eigenvalue weighted by molar-refractivity contribution is 6.00. The Labute approximate surface area is 123 Å². The Bertz CT molecular complexity index is 528. The number of amides is 3. The zero-order valence-corrected chi connectivity index (χ0v) is 11.7. The van der Waals surface area contributed by atoms with E-state index in [0.717, 1.165) is 18.5 Å². The molecule has 6 nitrogen and oxygen atoms in total. The second-order valence-electron chi connectivity index (χ2n) is 5.04. The van der Waals surface area contributed by atoms with E-state index in [0.29, 0.717) is 18.8 Å². The Balaban J connectivity index is 0.00000147. The van der Waals surface area contributed by atoms with Gasteiger partial charge in [-0.2, -0.15) is 0 Å². The van der Waals surface area contributed by atoms with Gasteiger partial charge < -0.3 is 16.4 Å². The molecule has 1 saturated heterocycles. The van der Waals surface area contributed by atoms with Gasteiger partial charge in [0.05, 0.1) is 5.54 Å². The number of hydrogen-bond acceptors (Lipinski definition) is 3. The fourth-order valence-electron chi connectivity index (χ4n) is 2.06. The zero-order chi connectivity index (χ0) is 13.5. The molecule has 1 aliphatic carbocycles. The highest BCUT2D eigenvalue weighted by atomic mass is 35.5. The number of urea groups is 1. The van der Waals surface area contributed by atoms with Crippen molar-refractivity contribution in [2.75, 3.05) is 23.3 Å². The van der Waals surface area contributed by atoms with Crippen molar-refractivity contribution in [1.29, 1.82) is 0 Å². The van der Waals surface area contributed by atoms with E-state index in [1.165, 1.54) is 0 Å². The lowest BCUT2D eigenvalue weighted by Gasteiger charge is -2.15. The first-order chi connectivity index (χ1) is 9.08. The van der Waals surface area contributed by atoms with Gasteiger partial charge in [0.25, 0.3) is 0 Å². The Kier molecular flexibility index (Phi) is 3.87. The molecular formula is C13H17ClN4O2. The van der Waals surface area contributed by atoms with E-state index in [4.69, 9.17) is 5.73 Å². The molecule has 108 valence electrons. The van der Waals surface area contributed by atoms with E-state index in [1.54, 1.807) is 17.0 Å². The lowest BCUT2D eigenvalue weighted by atomic mass is 10.2. The summed E-state index contributed by atoms with van der Waals surface area (Å²) in [7, 11) is 0. The molecule has 4 N–H and O–H groups in total. The third kappa shape index (κ3) is 2.71. The van der Waals surface area contributed by atoms with Gasteiger partial charge in [0.15, 0.2) is 0 Å². The Morgan fingerprint density at radius 2 is 1.95 bits per heavy atom. The number of carbonyl (C=O) groups excluding carboxylic acids is 2. The standard InChI is InChI=1S/C13H16N4O2.ClH/c14-13(5-6-13)11(18)16-9-1-3-10(4-2-9)17-8-7-15-12(17)19;/h1-4H,5-8,14H2,(H,15,19)(H,16,18);1H. The Hall–Kier alpha value is -1.79. The maximum absolute atomic E-state index is 11.8. The molecule has 2 fully saturated rings. The summed E-state index contributed by atoms with van der Waals surface area (Å²) in [6.07, 6.45) is 1.48. The van der Waals surface area contributed by atoms with Crippen LogP contribution in [0.5, 0.6) is 0 Å². The minimum atomic E-state index is -0.673. The van der Waals surface area contributed by atoms with Gasteiger partial charge in [0.2, 0.25) is 5.91 Å². The molecule has 3 rings (SSSR count). The minimum Gasteiger partial charge on any atom is -0.336 e. The largest absolute Gasteiger partial charge is 0.336 e. The topological polar surface area (TPSA) is 87.5 Å². The molecule has 1 saturated carbocycles. The van der Waals surface area contributed by atoms with Crippen molar-refractivity contribution in [3.05, 3.63) is 24.3 Å². The van der Waals surface area contributed by atoms with Crippen LogP contribution in [0.25, 0.3) is 0 Å². The molecule has 0 radical (unpaired) electrons. The molecule has 7 heteroatoms. The van der Waals surface area contributed by atoms with Crippen molar-refractivity contribution in [1.82, 2.24) is 5.32 Å². The quantitative estimate of drug-likeness (QED) is 0.779. The number of anilines is 2. The van der Waals surface area contributed by atoms with E-state index in [1.807, 2.05) is 12.1 Å². The number of nitrogens with zero attached hydrogens (tertiary/aromatic N) is 1. The smallest absolute Gasteiger partial charge is 0.321 e. The van der Waals surface area contributed by atoms with Gasteiger partial charge in [0, 0.05) is 24.5 Å². The molecule has 0 bridgehead atoms. The Morgan fingerprint density at radius 3 is 2.45 bits per heavy atom. The summed E-state index contributed by atoms with van der Waals surface area (Å²) >= 11 is 0. The summed E-state index contributed by atoms with van der Waals surface area (Å²) in [6, 6.07) is 7.11. The second-order valence-corrected chi connectivity index (χ2v) is 5.04. The van der Waals surface area contributed by atoms with Gasteiger partial charge in [0.1, 0.15) is 0 Å². The zero-order valence-electron chi connectivity index (χ0n) is 10.9. The van der Waals surface area contributed by atoms with Gasteiger partial charge in [-0.3, -0.25) is 9.69 Å². The maximum Gasteiger partial charge on any atom is 0.321 e. The van der Waals surface area contributed by atoms with Crippen molar-refractivity contribution in [2.45, 2.75) is 18.4 Å². The summed E-state index contributed by atoms with van der Waals surface area (Å²) < 4.78 is 0. The van der Waals surface area contributed by atoms with Crippen LogP contribution >= 0.6 is 12.4 Å². The van der Waals surface area contributed by atoms with Crippen LogP contribution in [0.15, 0.2) is 24.3 Å². The van der Waals surface area contributed by atoms with Crippen LogP contribution < -0.4 is 21.3 Å². The lowest BCUT2D eigenvalue weighted by molar-refractivity contribution is -0.118. The van der Waals surface area contributed by atoms with Crippen LogP contribution in [0.3, 0.4) is 0 Å². The van der Waals surface area contributed by atoms with Crippen molar-refractivity contribution >= 4 is 35.7 Å². The first-order valence-corrected chi connectivity index (χ1v) is 6.34. The summed E-state index contributed by atoms with van der Waals surface area (Å²) in [6.45, 7) is 1.32. The molecule has 0 unspecified atom stereocenters. The van der Waals surface area contributed by atoms with E-state index in [9.17, 15) is 9.59 Å². The number of benzene rings is 1. The van der Waals surface area contributed by atoms with Gasteiger partial charge in [-0.25, -0.2) is 4.79 Å². The molecule has 0 spiro atoms. The maximum atomic E-state index is 11.8. The predicted octanol–water partition coefficient (Wildman–Crippen LogP) is 1.07. The van der Waals surface area contributed by atoms with Crippen molar-refractivity contribution in [3.63, 3.8) is 0 Å². The SMILES string of the molecule is Cl.NC1(C(=O)Nc2ccc(N3CCNC3=O)cc2)CC1. The van der Waals surface area contributed by atoms with Gasteiger partial charge in [-0.05, 0) is 37.1 Å². The number of nitrogens with two attached hydrogens (primary N) is 1. The third-order valence-corrected chi connectivity index (χ3v) is 3.53. The molecule has 2 aliphatic rings. The summed E-state index contributed by atoms with van der Waals surface area (Å²) in [4.78, 5) is 24.9. The van der Waals surface area contributed by atoms with Gasteiger partial charge in [-0.1, -0.05) is 0 Å². The molecule has 0 aromatic heterocycles. The van der Waals surface area contributed by atoms with Crippen LogP contribution in [-0.4, -0.2) is 30.6 Å². The van der Waals surface area contributed by atoms with Crippen molar-refractivity contribution < 1.29 is 9.59 Å². The number of hydrogen-bond donors (Lipinski definition) is 3. The highest BCUT2D eigenvalue weighted by Crippen LogP contribution is 2.33. The van der Waals surface area contributed by atoms with E-state index in [-0.39, 0.29) is 24.3 Å². The van der Waals surface area contributed by atoms with Gasteiger partial charge in [-0.15, -0.1) is 12.4 Å². The molecule has 1 aromatic rings. The van der Waals surface area contributed by atoms with E-state index >= 15 is 0 Å². The average molecular weight is 297 g/mol. The third-order valence-electron chi connectivity index (χ3n) is 3.53. The first-order valence-electron chi connectivity index (χ1n) is 6.34. The van der Waals surface area contributed by atoms with E-state index in [2.05, 4.69) is 10.6 Å². The van der Waals surface area contributed by atoms with Crippen LogP contribution in [0.1, 0.15) is 12.8 Å². The van der Waals surface area contributed by atoms with Crippen LogP contribution in [0, 0.1) is 0 Å². The highest BCUT2D eigenvalue weighted by Gasteiger charge is 2.45.